The Bertz CT molecular complexity index is 661. The first-order valence-corrected chi connectivity index (χ1v) is 7.66. The Balaban J connectivity index is 2.40. The molecular formula is C18H20BO4. The topological polar surface area (TPSA) is 66.8 Å². The summed E-state index contributed by atoms with van der Waals surface area (Å²) in [6.45, 7) is 1.80. The second-order valence-electron chi connectivity index (χ2n) is 5.65. The third kappa shape index (κ3) is 4.85. The van der Waals surface area contributed by atoms with Gasteiger partial charge < -0.3 is 0 Å². The van der Waals surface area contributed by atoms with Crippen LogP contribution in [0.3, 0.4) is 0 Å². The van der Waals surface area contributed by atoms with E-state index in [0.717, 1.165) is 18.9 Å². The first-order chi connectivity index (χ1) is 11.0. The van der Waals surface area contributed by atoms with Gasteiger partial charge in [0.15, 0.2) is 0 Å². The van der Waals surface area contributed by atoms with Crippen LogP contribution >= 0.6 is 0 Å². The van der Waals surface area contributed by atoms with Crippen LogP contribution in [0.2, 0.25) is 0 Å². The van der Waals surface area contributed by atoms with Gasteiger partial charge in [-0.15, -0.1) is 0 Å². The van der Waals surface area contributed by atoms with Crippen molar-refractivity contribution in [1.29, 1.82) is 0 Å². The quantitative estimate of drug-likeness (QED) is 0.439. The van der Waals surface area contributed by atoms with E-state index in [1.165, 1.54) is 6.07 Å². The van der Waals surface area contributed by atoms with Gasteiger partial charge in [0.25, 0.3) is 0 Å². The molecule has 0 saturated heterocycles. The van der Waals surface area contributed by atoms with Crippen molar-refractivity contribution in [3.05, 3.63) is 47.6 Å². The normalized spacial score (nSPS) is 22.5. The molecule has 0 spiro atoms. The van der Waals surface area contributed by atoms with Crippen LogP contribution in [0.4, 0.5) is 0 Å². The van der Waals surface area contributed by atoms with Crippen LogP contribution in [0.1, 0.15) is 42.1 Å². The Labute approximate surface area is 137 Å². The number of allylic oxidation sites excluding steroid dienone is 3. The monoisotopic (exact) mass is 311 g/mol. The van der Waals surface area contributed by atoms with E-state index in [-0.39, 0.29) is 29.6 Å². The number of cyclic esters (lactones) is 1. The number of ether oxygens (including phenoxy) is 1. The molecule has 23 heavy (non-hydrogen) atoms. The fourth-order valence-electron chi connectivity index (χ4n) is 2.45. The molecule has 1 heterocycles. The molecule has 0 fully saturated rings. The van der Waals surface area contributed by atoms with Gasteiger partial charge in [0, 0.05) is 0 Å². The van der Waals surface area contributed by atoms with E-state index in [1.807, 2.05) is 18.2 Å². The van der Waals surface area contributed by atoms with Crippen LogP contribution in [0.15, 0.2) is 36.4 Å². The van der Waals surface area contributed by atoms with E-state index >= 15 is 0 Å². The number of hydrogen-bond acceptors (Lipinski definition) is 4. The molecule has 4 nitrogen and oxygen atoms in total. The number of phenols is 2. The zero-order valence-electron chi connectivity index (χ0n) is 13.2. The van der Waals surface area contributed by atoms with Crippen LogP contribution in [0.25, 0.3) is 0 Å². The summed E-state index contributed by atoms with van der Waals surface area (Å²) in [5.74, 6) is -1.05. The van der Waals surface area contributed by atoms with Crippen LogP contribution in [-0.2, 0) is 11.2 Å². The van der Waals surface area contributed by atoms with Crippen molar-refractivity contribution >= 4 is 18.9 Å². The second kappa shape index (κ2) is 7.81. The third-order valence-electron chi connectivity index (χ3n) is 3.56. The van der Waals surface area contributed by atoms with Crippen molar-refractivity contribution in [2.24, 2.45) is 0 Å². The van der Waals surface area contributed by atoms with E-state index in [1.54, 1.807) is 13.0 Å². The van der Waals surface area contributed by atoms with Crippen molar-refractivity contribution in [3.63, 3.8) is 0 Å². The minimum atomic E-state index is -0.618. The molecule has 1 aliphatic rings. The van der Waals surface area contributed by atoms with Crippen molar-refractivity contribution in [3.8, 4) is 11.5 Å². The molecule has 5 heteroatoms. The molecule has 1 aromatic rings. The SMILES string of the molecule is [B]=C1/C=C/CC/C=C/CC(C)OC(=O)c2c(O)cc(O)cc2C1. The maximum atomic E-state index is 12.4. The van der Waals surface area contributed by atoms with Gasteiger partial charge in [-0.25, -0.2) is 0 Å². The number of benzene rings is 1. The van der Waals surface area contributed by atoms with Crippen molar-refractivity contribution in [1.82, 2.24) is 0 Å². The van der Waals surface area contributed by atoms with Crippen LogP contribution in [0, 0.1) is 0 Å². The number of esters is 1. The van der Waals surface area contributed by atoms with Gasteiger partial charge in [0.2, 0.25) is 0 Å². The van der Waals surface area contributed by atoms with Gasteiger partial charge in [-0.2, -0.15) is 0 Å². The fourth-order valence-corrected chi connectivity index (χ4v) is 2.45. The number of phenolic OH excluding ortho intramolecular Hbond substituents is 2. The average molecular weight is 311 g/mol. The molecule has 119 valence electrons. The fraction of sp³-hybridized carbons (Fsp3) is 0.333. The maximum absolute atomic E-state index is 12.4. The van der Waals surface area contributed by atoms with Crippen LogP contribution in [0.5, 0.6) is 11.5 Å². The predicted molar refractivity (Wildman–Crippen MR) is 91.2 cm³/mol. The number of aromatic hydroxyl groups is 2. The van der Waals surface area contributed by atoms with Gasteiger partial charge in [-0.3, -0.25) is 0 Å². The average Bonchev–Trinajstić information content (AvgIpc) is 2.44. The van der Waals surface area contributed by atoms with Gasteiger partial charge >= 0.3 is 136 Å². The van der Waals surface area contributed by atoms with Crippen molar-refractivity contribution < 1.29 is 19.7 Å². The predicted octanol–water partition coefficient (Wildman–Crippen LogP) is 2.82. The molecule has 1 aromatic carbocycles. The molecule has 0 saturated carbocycles. The summed E-state index contributed by atoms with van der Waals surface area (Å²) < 4.78 is 5.38. The molecule has 1 unspecified atom stereocenters. The summed E-state index contributed by atoms with van der Waals surface area (Å²) in [7, 11) is 5.97. The first-order valence-electron chi connectivity index (χ1n) is 7.66. The van der Waals surface area contributed by atoms with Crippen molar-refractivity contribution in [2.45, 2.75) is 38.7 Å². The second-order valence-corrected chi connectivity index (χ2v) is 5.65. The molecule has 0 aliphatic carbocycles. The Kier molecular flexibility index (Phi) is 5.80. The van der Waals surface area contributed by atoms with Gasteiger partial charge in [0.05, 0.1) is 0 Å². The van der Waals surface area contributed by atoms with E-state index in [9.17, 15) is 15.0 Å². The van der Waals surface area contributed by atoms with Crippen LogP contribution < -0.4 is 0 Å². The summed E-state index contributed by atoms with van der Waals surface area (Å²) in [5.41, 5.74) is 1.03. The summed E-state index contributed by atoms with van der Waals surface area (Å²) in [6.07, 6.45) is 10.1. The van der Waals surface area contributed by atoms with Gasteiger partial charge in [-0.1, -0.05) is 0 Å². The van der Waals surface area contributed by atoms with Crippen molar-refractivity contribution in [2.75, 3.05) is 0 Å². The standard InChI is InChI=1S/C18H20BO4/c1-12-7-5-3-2-4-6-8-14(19)9-13-10-15(20)11-16(21)17(13)18(22)23-12/h3,5-6,8,10-12,20-21H,2,4,7,9H2,1H3/b5-3+,8-6+. The van der Waals surface area contributed by atoms with Gasteiger partial charge in [-0.05, 0) is 0 Å². The molecule has 1 atom stereocenters. The van der Waals surface area contributed by atoms with E-state index in [0.29, 0.717) is 17.4 Å². The zero-order chi connectivity index (χ0) is 16.8. The summed E-state index contributed by atoms with van der Waals surface area (Å²) in [4.78, 5) is 12.4. The number of fused-ring (bicyclic) bond motifs is 1. The summed E-state index contributed by atoms with van der Waals surface area (Å²) >= 11 is 0. The molecule has 2 N–H and O–H groups in total. The van der Waals surface area contributed by atoms with E-state index in [4.69, 9.17) is 12.2 Å². The molecule has 1 radical (unpaired) electrons. The zero-order valence-corrected chi connectivity index (χ0v) is 13.2. The Morgan fingerprint density at radius 1 is 1.17 bits per heavy atom. The third-order valence-corrected chi connectivity index (χ3v) is 3.56. The Morgan fingerprint density at radius 2 is 1.91 bits per heavy atom. The Morgan fingerprint density at radius 3 is 2.70 bits per heavy atom. The Hall–Kier alpha value is -2.30. The van der Waals surface area contributed by atoms with Crippen LogP contribution in [-0.4, -0.2) is 35.2 Å². The molecule has 0 amide bonds. The van der Waals surface area contributed by atoms with E-state index < -0.39 is 5.97 Å². The molecule has 0 aromatic heterocycles. The van der Waals surface area contributed by atoms with E-state index in [2.05, 4.69) is 0 Å². The number of hydrogen-bond donors (Lipinski definition) is 2. The molecule has 0 bridgehead atoms. The summed E-state index contributed by atoms with van der Waals surface area (Å²) in [5, 5.41) is 19.7. The number of rotatable bonds is 0. The van der Waals surface area contributed by atoms with Gasteiger partial charge in [0.1, 0.15) is 0 Å². The summed E-state index contributed by atoms with van der Waals surface area (Å²) in [6, 6.07) is 2.55. The molecular weight excluding hydrogens is 291 g/mol. The number of carbonyl (C=O) groups excluding carboxylic acids is 1. The molecule has 1 aliphatic heterocycles. The first kappa shape index (κ1) is 17.1. The minimum absolute atomic E-state index is 0.0482. The number of carbonyl (C=O) groups is 1. The molecule has 2 rings (SSSR count).